The lowest BCUT2D eigenvalue weighted by molar-refractivity contribution is -0.139. The van der Waals surface area contributed by atoms with E-state index in [1.54, 1.807) is 13.8 Å². The maximum Gasteiger partial charge on any atom is 0.341 e. The van der Waals surface area contributed by atoms with Crippen LogP contribution in [0.3, 0.4) is 0 Å². The maximum atomic E-state index is 13.8. The molecule has 206 valence electrons. The Bertz CT molecular complexity index is 1780. The number of hydrogen-bond donors (Lipinski definition) is 1. The quantitative estimate of drug-likeness (QED) is 0.296. The van der Waals surface area contributed by atoms with Gasteiger partial charge in [-0.1, -0.05) is 0 Å². The predicted molar refractivity (Wildman–Crippen MR) is 140 cm³/mol. The predicted octanol–water partition coefficient (Wildman–Crippen LogP) is 2.74. The van der Waals surface area contributed by atoms with Crippen molar-refractivity contribution in [3.8, 4) is 17.2 Å². The number of rotatable bonds is 10. The first-order valence-corrected chi connectivity index (χ1v) is 14.5. The number of aliphatic carboxylic acids is 1. The molecule has 39 heavy (non-hydrogen) atoms. The SMILES string of the molecule is COc1ccc2c(c1)nc(S(=O)(=O)Cc1ncc(C)c(OC)c1C)n2S(=O)(=O)c1ccc(OCC(=O)O)cc1. The van der Waals surface area contributed by atoms with Gasteiger partial charge >= 0.3 is 5.97 Å². The molecule has 4 aromatic rings. The van der Waals surface area contributed by atoms with Crippen LogP contribution in [-0.2, 0) is 30.4 Å². The molecule has 2 aromatic heterocycles. The second-order valence-corrected chi connectivity index (χ2v) is 12.1. The number of sulfone groups is 1. The summed E-state index contributed by atoms with van der Waals surface area (Å²) in [6.07, 6.45) is 1.48. The summed E-state index contributed by atoms with van der Waals surface area (Å²) >= 11 is 0. The fourth-order valence-electron chi connectivity index (χ4n) is 3.99. The molecule has 1 N–H and O–H groups in total. The van der Waals surface area contributed by atoms with E-state index in [2.05, 4.69) is 9.97 Å². The Hall–Kier alpha value is -4.17. The zero-order valence-electron chi connectivity index (χ0n) is 21.4. The van der Waals surface area contributed by atoms with E-state index in [4.69, 9.17) is 19.3 Å². The summed E-state index contributed by atoms with van der Waals surface area (Å²) in [5, 5.41) is 8.09. The molecule has 0 bridgehead atoms. The highest BCUT2D eigenvalue weighted by atomic mass is 32.2. The average Bonchev–Trinajstić information content (AvgIpc) is 3.30. The zero-order valence-corrected chi connectivity index (χ0v) is 23.0. The molecule has 0 amide bonds. The van der Waals surface area contributed by atoms with Gasteiger partial charge in [0.05, 0.1) is 35.8 Å². The Morgan fingerprint density at radius 1 is 0.974 bits per heavy atom. The Labute approximate surface area is 224 Å². The van der Waals surface area contributed by atoms with Crippen molar-refractivity contribution in [1.82, 2.24) is 13.9 Å². The Balaban J connectivity index is 1.87. The van der Waals surface area contributed by atoms with Crippen molar-refractivity contribution < 1.29 is 40.9 Å². The first-order chi connectivity index (χ1) is 18.4. The molecule has 0 spiro atoms. The smallest absolute Gasteiger partial charge is 0.341 e. The summed E-state index contributed by atoms with van der Waals surface area (Å²) in [7, 11) is -6.01. The lowest BCUT2D eigenvalue weighted by Crippen LogP contribution is -2.21. The van der Waals surface area contributed by atoms with Gasteiger partial charge in [-0.3, -0.25) is 4.98 Å². The summed E-state index contributed by atoms with van der Waals surface area (Å²) < 4.78 is 71.4. The monoisotopic (exact) mass is 575 g/mol. The molecule has 14 heteroatoms. The molecule has 2 heterocycles. The summed E-state index contributed by atoms with van der Waals surface area (Å²) in [5.74, 6) is -0.870. The standard InChI is InChI=1S/C25H25N3O9S2/c1-15-12-26-21(16(2)24(15)36-4)14-38(31,32)25-27-20-11-18(35-3)7-10-22(20)28(25)39(33,34)19-8-5-17(6-9-19)37-13-23(29)30/h5-12H,13-14H2,1-4H3,(H,29,30). The number of hydrogen-bond acceptors (Lipinski definition) is 10. The molecule has 0 saturated carbocycles. The van der Waals surface area contributed by atoms with Crippen LogP contribution in [0.5, 0.6) is 17.2 Å². The highest BCUT2D eigenvalue weighted by molar-refractivity contribution is 7.93. The van der Waals surface area contributed by atoms with Crippen LogP contribution in [-0.4, -0.2) is 62.7 Å². The van der Waals surface area contributed by atoms with Crippen molar-refractivity contribution in [2.75, 3.05) is 20.8 Å². The van der Waals surface area contributed by atoms with Crippen molar-refractivity contribution >= 4 is 36.9 Å². The molecule has 0 atom stereocenters. The first-order valence-electron chi connectivity index (χ1n) is 11.4. The number of methoxy groups -OCH3 is 2. The number of imidazole rings is 1. The van der Waals surface area contributed by atoms with Gasteiger partial charge in [0.15, 0.2) is 6.61 Å². The number of aryl methyl sites for hydroxylation is 1. The van der Waals surface area contributed by atoms with Crippen LogP contribution in [0.25, 0.3) is 11.0 Å². The van der Waals surface area contributed by atoms with Crippen molar-refractivity contribution in [1.29, 1.82) is 0 Å². The molecule has 0 aliphatic rings. The molecule has 0 saturated heterocycles. The molecular formula is C25H25N3O9S2. The summed E-state index contributed by atoms with van der Waals surface area (Å²) in [6.45, 7) is 2.83. The van der Waals surface area contributed by atoms with Gasteiger partial charge in [0.2, 0.25) is 15.0 Å². The number of fused-ring (bicyclic) bond motifs is 1. The molecule has 0 aliphatic heterocycles. The highest BCUT2D eigenvalue weighted by Gasteiger charge is 2.33. The highest BCUT2D eigenvalue weighted by Crippen LogP contribution is 2.32. The van der Waals surface area contributed by atoms with E-state index in [0.29, 0.717) is 26.6 Å². The van der Waals surface area contributed by atoms with Gasteiger partial charge < -0.3 is 19.3 Å². The van der Waals surface area contributed by atoms with E-state index in [1.807, 2.05) is 0 Å². The van der Waals surface area contributed by atoms with E-state index >= 15 is 0 Å². The third-order valence-corrected chi connectivity index (χ3v) is 9.19. The van der Waals surface area contributed by atoms with Crippen LogP contribution in [0.15, 0.2) is 58.7 Å². The minimum atomic E-state index is -4.51. The summed E-state index contributed by atoms with van der Waals surface area (Å²) in [6, 6.07) is 9.26. The first kappa shape index (κ1) is 27.9. The number of nitrogens with zero attached hydrogens (tertiary/aromatic N) is 3. The second kappa shape index (κ2) is 10.5. The molecule has 0 aliphatic carbocycles. The average molecular weight is 576 g/mol. The second-order valence-electron chi connectivity index (χ2n) is 8.48. The van der Waals surface area contributed by atoms with E-state index < -0.39 is 43.3 Å². The Morgan fingerprint density at radius 2 is 1.64 bits per heavy atom. The molecule has 0 fully saturated rings. The van der Waals surface area contributed by atoms with E-state index in [1.165, 1.54) is 62.9 Å². The summed E-state index contributed by atoms with van der Waals surface area (Å²) in [4.78, 5) is 18.9. The minimum absolute atomic E-state index is 0.0201. The van der Waals surface area contributed by atoms with Crippen LogP contribution in [0.1, 0.15) is 16.8 Å². The Kier molecular flexibility index (Phi) is 7.52. The number of aromatic nitrogens is 3. The fourth-order valence-corrected chi connectivity index (χ4v) is 7.34. The van der Waals surface area contributed by atoms with Crippen LogP contribution in [0.4, 0.5) is 0 Å². The minimum Gasteiger partial charge on any atom is -0.497 e. The molecule has 12 nitrogen and oxygen atoms in total. The van der Waals surface area contributed by atoms with Crippen molar-refractivity contribution in [3.63, 3.8) is 0 Å². The van der Waals surface area contributed by atoms with Gasteiger partial charge in [-0.15, -0.1) is 0 Å². The largest absolute Gasteiger partial charge is 0.497 e. The zero-order chi connectivity index (χ0) is 28.5. The van der Waals surface area contributed by atoms with Crippen LogP contribution >= 0.6 is 0 Å². The molecule has 2 aromatic carbocycles. The molecule has 4 rings (SSSR count). The van der Waals surface area contributed by atoms with Gasteiger partial charge in [-0.2, -0.15) is 0 Å². The van der Waals surface area contributed by atoms with Crippen molar-refractivity contribution in [2.24, 2.45) is 0 Å². The molecule has 0 radical (unpaired) electrons. The van der Waals surface area contributed by atoms with Crippen LogP contribution in [0.2, 0.25) is 0 Å². The van der Waals surface area contributed by atoms with E-state index in [0.717, 1.165) is 0 Å². The summed E-state index contributed by atoms with van der Waals surface area (Å²) in [5.41, 5.74) is 1.51. The lowest BCUT2D eigenvalue weighted by atomic mass is 10.1. The number of carbonyl (C=O) groups is 1. The van der Waals surface area contributed by atoms with Crippen molar-refractivity contribution in [3.05, 3.63) is 65.5 Å². The van der Waals surface area contributed by atoms with Gasteiger partial charge in [0.1, 0.15) is 23.0 Å². The number of ether oxygens (including phenoxy) is 3. The number of pyridine rings is 1. The third-order valence-electron chi connectivity index (χ3n) is 5.87. The molecule has 0 unspecified atom stereocenters. The number of benzene rings is 2. The van der Waals surface area contributed by atoms with Crippen LogP contribution in [0, 0.1) is 13.8 Å². The fraction of sp³-hybridized carbons (Fsp3) is 0.240. The van der Waals surface area contributed by atoms with E-state index in [9.17, 15) is 21.6 Å². The maximum absolute atomic E-state index is 13.8. The van der Waals surface area contributed by atoms with Gasteiger partial charge in [-0.05, 0) is 50.2 Å². The van der Waals surface area contributed by atoms with Gasteiger partial charge in [0.25, 0.3) is 10.0 Å². The third kappa shape index (κ3) is 5.38. The normalized spacial score (nSPS) is 11.9. The molecular weight excluding hydrogens is 550 g/mol. The van der Waals surface area contributed by atoms with E-state index in [-0.39, 0.29) is 27.4 Å². The number of carboxylic acids is 1. The van der Waals surface area contributed by atoms with Crippen molar-refractivity contribution in [2.45, 2.75) is 29.7 Å². The van der Waals surface area contributed by atoms with Gasteiger partial charge in [-0.25, -0.2) is 30.6 Å². The number of carboxylic acid groups (broad SMARTS) is 1. The Morgan fingerprint density at radius 3 is 2.26 bits per heavy atom. The topological polar surface area (TPSA) is 164 Å². The lowest BCUT2D eigenvalue weighted by Gasteiger charge is -2.14. The van der Waals surface area contributed by atoms with Gasteiger partial charge in [0, 0.05) is 23.4 Å². The van der Waals surface area contributed by atoms with Crippen LogP contribution < -0.4 is 14.2 Å².